The Morgan fingerprint density at radius 2 is 1.85 bits per heavy atom. The fourth-order valence-electron chi connectivity index (χ4n) is 2.44. The number of aliphatic carboxylic acids is 1. The second-order valence-corrected chi connectivity index (χ2v) is 5.80. The molecule has 0 bridgehead atoms. The highest BCUT2D eigenvalue weighted by Crippen LogP contribution is 2.26. The zero-order chi connectivity index (χ0) is 14.5. The van der Waals surface area contributed by atoms with Crippen LogP contribution in [0.5, 0.6) is 0 Å². The lowest BCUT2D eigenvalue weighted by Gasteiger charge is -2.21. The summed E-state index contributed by atoms with van der Waals surface area (Å²) in [5, 5.41) is 10.0. The molecule has 6 heteroatoms. The van der Waals surface area contributed by atoms with Gasteiger partial charge in [-0.25, -0.2) is 0 Å². The maximum atomic E-state index is 10.7. The number of rotatable bonds is 4. The van der Waals surface area contributed by atoms with Gasteiger partial charge in [0.15, 0.2) is 0 Å². The molecular formula is C14H18Cl2N2O2. The largest absolute Gasteiger partial charge is 0.480 e. The van der Waals surface area contributed by atoms with E-state index in [1.807, 2.05) is 17.0 Å². The van der Waals surface area contributed by atoms with E-state index in [0.29, 0.717) is 10.0 Å². The molecular weight excluding hydrogens is 299 g/mol. The number of hydrogen-bond acceptors (Lipinski definition) is 3. The van der Waals surface area contributed by atoms with Crippen LogP contribution in [0.15, 0.2) is 18.2 Å². The molecule has 1 saturated heterocycles. The first-order chi connectivity index (χ1) is 9.56. The normalized spacial score (nSPS) is 17.9. The molecule has 20 heavy (non-hydrogen) atoms. The lowest BCUT2D eigenvalue weighted by Crippen LogP contribution is -2.34. The molecule has 110 valence electrons. The Morgan fingerprint density at radius 1 is 1.15 bits per heavy atom. The predicted molar refractivity (Wildman–Crippen MR) is 80.4 cm³/mol. The minimum absolute atomic E-state index is 0.117. The van der Waals surface area contributed by atoms with Gasteiger partial charge in [0, 0.05) is 26.2 Å². The van der Waals surface area contributed by atoms with Gasteiger partial charge in [-0.1, -0.05) is 35.3 Å². The van der Waals surface area contributed by atoms with Gasteiger partial charge in [-0.05, 0) is 24.6 Å². The number of benzene rings is 1. The highest BCUT2D eigenvalue weighted by molar-refractivity contribution is 6.42. The van der Waals surface area contributed by atoms with Crippen molar-refractivity contribution in [3.05, 3.63) is 33.8 Å². The fraction of sp³-hybridized carbons (Fsp3) is 0.500. The Bertz CT molecular complexity index is 482. The molecule has 0 unspecified atom stereocenters. The lowest BCUT2D eigenvalue weighted by atomic mass is 10.2. The third-order valence-electron chi connectivity index (χ3n) is 3.47. The van der Waals surface area contributed by atoms with Crippen LogP contribution >= 0.6 is 23.2 Å². The van der Waals surface area contributed by atoms with Gasteiger partial charge in [-0.15, -0.1) is 0 Å². The van der Waals surface area contributed by atoms with Crippen LogP contribution in [-0.2, 0) is 11.3 Å². The van der Waals surface area contributed by atoms with Gasteiger partial charge in [-0.3, -0.25) is 14.6 Å². The molecule has 1 aromatic rings. The number of halogens is 2. The molecule has 1 aromatic carbocycles. The third-order valence-corrected chi connectivity index (χ3v) is 4.32. The highest BCUT2D eigenvalue weighted by atomic mass is 35.5. The van der Waals surface area contributed by atoms with Crippen LogP contribution in [0, 0.1) is 0 Å². The van der Waals surface area contributed by atoms with Crippen LogP contribution in [0.3, 0.4) is 0 Å². The van der Waals surface area contributed by atoms with Crippen molar-refractivity contribution in [1.29, 1.82) is 0 Å². The minimum atomic E-state index is -0.767. The molecule has 0 saturated carbocycles. The number of hydrogen-bond donors (Lipinski definition) is 1. The van der Waals surface area contributed by atoms with Crippen LogP contribution < -0.4 is 0 Å². The van der Waals surface area contributed by atoms with Gasteiger partial charge >= 0.3 is 5.97 Å². The second kappa shape index (κ2) is 7.27. The van der Waals surface area contributed by atoms with Gasteiger partial charge in [0.1, 0.15) is 0 Å². The molecule has 0 amide bonds. The Hall–Kier alpha value is -0.810. The summed E-state index contributed by atoms with van der Waals surface area (Å²) in [7, 11) is 0. The molecule has 1 N–H and O–H groups in total. The van der Waals surface area contributed by atoms with E-state index in [0.717, 1.165) is 44.7 Å². The van der Waals surface area contributed by atoms with E-state index in [2.05, 4.69) is 4.90 Å². The Labute approximate surface area is 128 Å². The first-order valence-electron chi connectivity index (χ1n) is 6.65. The lowest BCUT2D eigenvalue weighted by molar-refractivity contribution is -0.138. The molecule has 1 fully saturated rings. The van der Waals surface area contributed by atoms with Gasteiger partial charge in [-0.2, -0.15) is 0 Å². The first kappa shape index (κ1) is 15.6. The maximum absolute atomic E-state index is 10.7. The zero-order valence-corrected chi connectivity index (χ0v) is 12.7. The number of carboxylic acids is 1. The molecule has 4 nitrogen and oxygen atoms in total. The summed E-state index contributed by atoms with van der Waals surface area (Å²) in [6.07, 6.45) is 0.964. The van der Waals surface area contributed by atoms with E-state index in [-0.39, 0.29) is 6.54 Å². The topological polar surface area (TPSA) is 43.8 Å². The number of carboxylic acid groups (broad SMARTS) is 1. The standard InChI is InChI=1S/C14H18Cl2N2O2/c15-12-4-1-3-11(14(12)16)9-17-5-2-6-18(8-7-17)10-13(19)20/h1,3-4H,2,5-10H2,(H,19,20). The number of nitrogens with zero attached hydrogens (tertiary/aromatic N) is 2. The van der Waals surface area contributed by atoms with E-state index in [9.17, 15) is 4.79 Å². The van der Waals surface area contributed by atoms with Crippen molar-refractivity contribution >= 4 is 29.2 Å². The van der Waals surface area contributed by atoms with Crippen LogP contribution in [0.1, 0.15) is 12.0 Å². The van der Waals surface area contributed by atoms with Gasteiger partial charge in [0.2, 0.25) is 0 Å². The summed E-state index contributed by atoms with van der Waals surface area (Å²) in [6, 6.07) is 5.66. The summed E-state index contributed by atoms with van der Waals surface area (Å²) in [5.74, 6) is -0.767. The SMILES string of the molecule is O=C(O)CN1CCCN(Cc2cccc(Cl)c2Cl)CC1. The van der Waals surface area contributed by atoms with E-state index in [4.69, 9.17) is 28.3 Å². The summed E-state index contributed by atoms with van der Waals surface area (Å²) < 4.78 is 0. The van der Waals surface area contributed by atoms with Crippen molar-refractivity contribution in [3.63, 3.8) is 0 Å². The Morgan fingerprint density at radius 3 is 2.60 bits per heavy atom. The van der Waals surface area contributed by atoms with Crippen LogP contribution in [0.4, 0.5) is 0 Å². The molecule has 0 radical (unpaired) electrons. The average Bonchev–Trinajstić information content (AvgIpc) is 2.60. The van der Waals surface area contributed by atoms with E-state index < -0.39 is 5.97 Å². The monoisotopic (exact) mass is 316 g/mol. The van der Waals surface area contributed by atoms with Crippen molar-refractivity contribution < 1.29 is 9.90 Å². The van der Waals surface area contributed by atoms with Gasteiger partial charge < -0.3 is 5.11 Å². The molecule has 1 aliphatic heterocycles. The average molecular weight is 317 g/mol. The molecule has 1 aliphatic rings. The third kappa shape index (κ3) is 4.35. The molecule has 0 spiro atoms. The molecule has 2 rings (SSSR count). The molecule has 0 atom stereocenters. The fourth-order valence-corrected chi connectivity index (χ4v) is 2.82. The maximum Gasteiger partial charge on any atom is 0.317 e. The van der Waals surface area contributed by atoms with Crippen molar-refractivity contribution in [2.75, 3.05) is 32.7 Å². The highest BCUT2D eigenvalue weighted by Gasteiger charge is 2.17. The van der Waals surface area contributed by atoms with E-state index in [1.54, 1.807) is 6.07 Å². The summed E-state index contributed by atoms with van der Waals surface area (Å²) in [5.41, 5.74) is 1.02. The Kier molecular flexibility index (Phi) is 5.66. The number of carbonyl (C=O) groups is 1. The Balaban J connectivity index is 1.94. The minimum Gasteiger partial charge on any atom is -0.480 e. The smallest absolute Gasteiger partial charge is 0.317 e. The van der Waals surface area contributed by atoms with Crippen LogP contribution in [-0.4, -0.2) is 53.6 Å². The van der Waals surface area contributed by atoms with Gasteiger partial charge in [0.25, 0.3) is 0 Å². The van der Waals surface area contributed by atoms with E-state index in [1.165, 1.54) is 0 Å². The second-order valence-electron chi connectivity index (χ2n) is 5.01. The van der Waals surface area contributed by atoms with Crippen molar-refractivity contribution in [2.45, 2.75) is 13.0 Å². The van der Waals surface area contributed by atoms with Crippen molar-refractivity contribution in [1.82, 2.24) is 9.80 Å². The van der Waals surface area contributed by atoms with Gasteiger partial charge in [0.05, 0.1) is 16.6 Å². The van der Waals surface area contributed by atoms with Crippen molar-refractivity contribution in [3.8, 4) is 0 Å². The zero-order valence-electron chi connectivity index (χ0n) is 11.2. The molecule has 0 aliphatic carbocycles. The van der Waals surface area contributed by atoms with Crippen LogP contribution in [0.2, 0.25) is 10.0 Å². The van der Waals surface area contributed by atoms with E-state index >= 15 is 0 Å². The summed E-state index contributed by atoms with van der Waals surface area (Å²) >= 11 is 12.2. The molecule has 0 aromatic heterocycles. The van der Waals surface area contributed by atoms with Crippen LogP contribution in [0.25, 0.3) is 0 Å². The summed E-state index contributed by atoms with van der Waals surface area (Å²) in [6.45, 7) is 4.25. The quantitative estimate of drug-likeness (QED) is 0.927. The predicted octanol–water partition coefficient (Wildman–Crippen LogP) is 2.59. The summed E-state index contributed by atoms with van der Waals surface area (Å²) in [4.78, 5) is 15.0. The van der Waals surface area contributed by atoms with Crippen molar-refractivity contribution in [2.24, 2.45) is 0 Å². The first-order valence-corrected chi connectivity index (χ1v) is 7.41. The molecule has 1 heterocycles.